The van der Waals surface area contributed by atoms with E-state index in [9.17, 15) is 4.39 Å². The van der Waals surface area contributed by atoms with Crippen LogP contribution >= 0.6 is 11.6 Å². The van der Waals surface area contributed by atoms with Crippen LogP contribution in [0.4, 0.5) is 4.39 Å². The average molecular weight is 405 g/mol. The second-order valence-corrected chi connectivity index (χ2v) is 7.56. The third-order valence-corrected chi connectivity index (χ3v) is 5.73. The van der Waals surface area contributed by atoms with Crippen LogP contribution in [0.1, 0.15) is 17.5 Å². The number of pyridine rings is 1. The van der Waals surface area contributed by atoms with Crippen LogP contribution in [0.3, 0.4) is 0 Å². The van der Waals surface area contributed by atoms with E-state index in [1.54, 1.807) is 24.5 Å². The molecule has 2 aliphatic rings. The van der Waals surface area contributed by atoms with Gasteiger partial charge < -0.3 is 4.90 Å². The monoisotopic (exact) mass is 404 g/mol. The molecule has 0 aliphatic carbocycles. The Morgan fingerprint density at radius 3 is 2.62 bits per heavy atom. The van der Waals surface area contributed by atoms with Gasteiger partial charge in [-0.05, 0) is 59.0 Å². The first-order valence-electron chi connectivity index (χ1n) is 9.52. The van der Waals surface area contributed by atoms with Crippen molar-refractivity contribution >= 4 is 23.8 Å². The highest BCUT2D eigenvalue weighted by molar-refractivity contribution is 6.31. The molecule has 0 fully saturated rings. The first-order chi connectivity index (χ1) is 14.2. The Kier molecular flexibility index (Phi) is 4.40. The quantitative estimate of drug-likeness (QED) is 0.621. The van der Waals surface area contributed by atoms with E-state index in [0.29, 0.717) is 0 Å². The van der Waals surface area contributed by atoms with Crippen LogP contribution < -0.4 is 0 Å². The van der Waals surface area contributed by atoms with Crippen molar-refractivity contribution < 1.29 is 4.39 Å². The Bertz CT molecular complexity index is 1130. The predicted molar refractivity (Wildman–Crippen MR) is 114 cm³/mol. The van der Waals surface area contributed by atoms with Gasteiger partial charge in [0.2, 0.25) is 0 Å². The minimum Gasteiger partial charge on any atom is -0.319 e. The molecule has 1 aromatic heterocycles. The summed E-state index contributed by atoms with van der Waals surface area (Å²) in [7, 11) is 0. The van der Waals surface area contributed by atoms with Gasteiger partial charge in [-0.1, -0.05) is 35.9 Å². The molecule has 0 saturated carbocycles. The number of amidine groups is 1. The summed E-state index contributed by atoms with van der Waals surface area (Å²) < 4.78 is 13.6. The topological polar surface area (TPSA) is 40.9 Å². The summed E-state index contributed by atoms with van der Waals surface area (Å²) in [5, 5.41) is 0.110. The summed E-state index contributed by atoms with van der Waals surface area (Å²) >= 11 is 6.01. The van der Waals surface area contributed by atoms with Crippen molar-refractivity contribution in [3.05, 3.63) is 89.0 Å². The second-order valence-electron chi connectivity index (χ2n) is 7.15. The van der Waals surface area contributed by atoms with Crippen molar-refractivity contribution in [2.75, 3.05) is 13.1 Å². The maximum atomic E-state index is 13.6. The number of aromatic nitrogens is 1. The first kappa shape index (κ1) is 18.0. The molecule has 0 N–H and O–H groups in total. The van der Waals surface area contributed by atoms with E-state index in [1.807, 2.05) is 30.6 Å². The number of benzene rings is 2. The molecule has 0 spiro atoms. The highest BCUT2D eigenvalue weighted by Gasteiger charge is 2.46. The lowest BCUT2D eigenvalue weighted by Crippen LogP contribution is -2.43. The summed E-state index contributed by atoms with van der Waals surface area (Å²) in [5.74, 6) is 0.511. The Morgan fingerprint density at radius 1 is 0.966 bits per heavy atom. The number of halogens is 2. The Hall–Kier alpha value is -3.05. The molecule has 144 valence electrons. The molecule has 2 aromatic carbocycles. The van der Waals surface area contributed by atoms with Crippen molar-refractivity contribution in [2.24, 2.45) is 9.98 Å². The summed E-state index contributed by atoms with van der Waals surface area (Å²) in [6.07, 6.45) is 6.46. The lowest BCUT2D eigenvalue weighted by Gasteiger charge is -2.33. The summed E-state index contributed by atoms with van der Waals surface area (Å²) in [4.78, 5) is 16.1. The third-order valence-electron chi connectivity index (χ3n) is 5.44. The Balaban J connectivity index is 1.70. The van der Waals surface area contributed by atoms with Crippen LogP contribution in [0.5, 0.6) is 0 Å². The largest absolute Gasteiger partial charge is 0.319 e. The van der Waals surface area contributed by atoms with Gasteiger partial charge in [0.15, 0.2) is 5.54 Å². The molecule has 29 heavy (non-hydrogen) atoms. The first-order valence-corrected chi connectivity index (χ1v) is 9.90. The van der Waals surface area contributed by atoms with Gasteiger partial charge in [0.05, 0.1) is 11.4 Å². The standard InChI is InChI=1S/C23H18ClFN4/c24-20-14-17(5-6-21(20)25)16-3-1-4-19(13-16)23(18-7-10-26-11-8-18)22-27-9-2-12-29(22)15-28-23/h1,3-8,10-11,13-15H,2,9,12H2. The molecule has 1 unspecified atom stereocenters. The van der Waals surface area contributed by atoms with E-state index in [0.717, 1.165) is 47.6 Å². The summed E-state index contributed by atoms with van der Waals surface area (Å²) in [5.41, 5.74) is 3.10. The van der Waals surface area contributed by atoms with Crippen molar-refractivity contribution in [1.82, 2.24) is 9.88 Å². The van der Waals surface area contributed by atoms with Crippen molar-refractivity contribution in [3.63, 3.8) is 0 Å². The molecule has 3 heterocycles. The van der Waals surface area contributed by atoms with Crippen molar-refractivity contribution in [1.29, 1.82) is 0 Å². The van der Waals surface area contributed by atoms with Gasteiger partial charge >= 0.3 is 0 Å². The van der Waals surface area contributed by atoms with Gasteiger partial charge in [0, 0.05) is 25.5 Å². The minimum atomic E-state index is -0.719. The highest BCUT2D eigenvalue weighted by Crippen LogP contribution is 2.41. The van der Waals surface area contributed by atoms with Crippen molar-refractivity contribution in [3.8, 4) is 11.1 Å². The van der Waals surface area contributed by atoms with Crippen molar-refractivity contribution in [2.45, 2.75) is 12.0 Å². The van der Waals surface area contributed by atoms with Gasteiger partial charge in [0.25, 0.3) is 0 Å². The average Bonchev–Trinajstić information content (AvgIpc) is 3.17. The molecule has 6 heteroatoms. The molecule has 0 amide bonds. The number of rotatable bonds is 3. The predicted octanol–water partition coefficient (Wildman–Crippen LogP) is 4.93. The van der Waals surface area contributed by atoms with Crippen LogP contribution in [0.2, 0.25) is 5.02 Å². The fraction of sp³-hybridized carbons (Fsp3) is 0.174. The number of hydrogen-bond donors (Lipinski definition) is 0. The Labute approximate surface area is 173 Å². The number of fused-ring (bicyclic) bond motifs is 1. The SMILES string of the molecule is Fc1ccc(-c2cccc(C3(c4ccncc4)N=CN4CCCN=C43)c2)cc1Cl. The zero-order chi connectivity index (χ0) is 19.8. The van der Waals surface area contributed by atoms with E-state index in [1.165, 1.54) is 6.07 Å². The fourth-order valence-corrected chi connectivity index (χ4v) is 4.22. The zero-order valence-corrected chi connectivity index (χ0v) is 16.4. The molecular weight excluding hydrogens is 387 g/mol. The fourth-order valence-electron chi connectivity index (χ4n) is 4.04. The normalized spacial score (nSPS) is 20.5. The second kappa shape index (κ2) is 7.08. The van der Waals surface area contributed by atoms with Crippen LogP contribution in [-0.2, 0) is 5.54 Å². The third kappa shape index (κ3) is 2.93. The molecule has 2 aliphatic heterocycles. The molecule has 0 radical (unpaired) electrons. The lowest BCUT2D eigenvalue weighted by molar-refractivity contribution is 0.541. The molecular formula is C23H18ClFN4. The van der Waals surface area contributed by atoms with Gasteiger partial charge in [-0.25, -0.2) is 4.39 Å². The van der Waals surface area contributed by atoms with E-state index < -0.39 is 11.4 Å². The highest BCUT2D eigenvalue weighted by atomic mass is 35.5. The number of aliphatic imine (C=N–C) groups is 2. The maximum Gasteiger partial charge on any atom is 0.170 e. The minimum absolute atomic E-state index is 0.110. The Morgan fingerprint density at radius 2 is 1.79 bits per heavy atom. The van der Waals surface area contributed by atoms with E-state index in [-0.39, 0.29) is 5.02 Å². The maximum absolute atomic E-state index is 13.6. The van der Waals surface area contributed by atoms with E-state index >= 15 is 0 Å². The smallest absolute Gasteiger partial charge is 0.170 e. The number of nitrogens with zero attached hydrogens (tertiary/aromatic N) is 4. The van der Waals surface area contributed by atoms with Crippen LogP contribution in [-0.4, -0.2) is 35.1 Å². The van der Waals surface area contributed by atoms with E-state index in [2.05, 4.69) is 22.0 Å². The summed E-state index contributed by atoms with van der Waals surface area (Å²) in [6, 6.07) is 16.9. The van der Waals surface area contributed by atoms with Crippen LogP contribution in [0.15, 0.2) is 77.0 Å². The lowest BCUT2D eigenvalue weighted by atomic mass is 9.81. The number of hydrogen-bond acceptors (Lipinski definition) is 4. The molecule has 1 atom stereocenters. The molecule has 3 aromatic rings. The summed E-state index contributed by atoms with van der Waals surface area (Å²) in [6.45, 7) is 1.69. The molecule has 5 rings (SSSR count). The van der Waals surface area contributed by atoms with Crippen LogP contribution in [0, 0.1) is 5.82 Å². The van der Waals surface area contributed by atoms with Gasteiger partial charge in [0.1, 0.15) is 11.7 Å². The molecule has 0 bridgehead atoms. The molecule has 4 nitrogen and oxygen atoms in total. The van der Waals surface area contributed by atoms with Gasteiger partial charge in [-0.2, -0.15) is 0 Å². The van der Waals surface area contributed by atoms with Gasteiger partial charge in [-0.3, -0.25) is 15.0 Å². The van der Waals surface area contributed by atoms with Gasteiger partial charge in [-0.15, -0.1) is 0 Å². The van der Waals surface area contributed by atoms with Crippen LogP contribution in [0.25, 0.3) is 11.1 Å². The zero-order valence-electron chi connectivity index (χ0n) is 15.6. The molecule has 0 saturated heterocycles. The van der Waals surface area contributed by atoms with E-state index in [4.69, 9.17) is 21.6 Å².